The number of piperidine rings is 1. The zero-order valence-corrected chi connectivity index (χ0v) is 9.03. The van der Waals surface area contributed by atoms with Crippen LogP contribution >= 0.6 is 0 Å². The van der Waals surface area contributed by atoms with Gasteiger partial charge < -0.3 is 10.1 Å². The normalized spacial score (nSPS) is 54.7. The maximum absolute atomic E-state index is 5.88. The Morgan fingerprint density at radius 1 is 1.13 bits per heavy atom. The maximum Gasteiger partial charge on any atom is 0.111 e. The van der Waals surface area contributed by atoms with Gasteiger partial charge in [0.2, 0.25) is 0 Å². The molecule has 5 atom stereocenters. The highest BCUT2D eigenvalue weighted by molar-refractivity contribution is 5.42. The monoisotopic (exact) mass is 201 g/mol. The number of hydrogen-bond acceptors (Lipinski definition) is 2. The summed E-state index contributed by atoms with van der Waals surface area (Å²) in [5.74, 6) is 0.685. The average molecular weight is 201 g/mol. The largest absolute Gasteiger partial charge is 0.361 e. The van der Waals surface area contributed by atoms with Crippen LogP contribution in [0.3, 0.4) is 0 Å². The van der Waals surface area contributed by atoms with E-state index >= 15 is 0 Å². The summed E-state index contributed by atoms with van der Waals surface area (Å²) in [6.45, 7) is 4.48. The Kier molecular flexibility index (Phi) is 1.18. The number of benzene rings is 1. The van der Waals surface area contributed by atoms with E-state index in [4.69, 9.17) is 4.74 Å². The minimum absolute atomic E-state index is 0.142. The summed E-state index contributed by atoms with van der Waals surface area (Å²) < 4.78 is 5.88. The van der Waals surface area contributed by atoms with Gasteiger partial charge >= 0.3 is 0 Å². The molecule has 0 bridgehead atoms. The van der Waals surface area contributed by atoms with Crippen LogP contribution in [-0.2, 0) is 4.74 Å². The molecular formula is C13H15NO. The van der Waals surface area contributed by atoms with Crippen LogP contribution in [0.5, 0.6) is 0 Å². The van der Waals surface area contributed by atoms with Crippen LogP contribution in [-0.4, -0.2) is 17.2 Å². The van der Waals surface area contributed by atoms with Crippen LogP contribution in [0.15, 0.2) is 30.3 Å². The predicted octanol–water partition coefficient (Wildman–Crippen LogP) is 1.88. The molecule has 0 spiro atoms. The van der Waals surface area contributed by atoms with Crippen molar-refractivity contribution < 1.29 is 4.74 Å². The van der Waals surface area contributed by atoms with Gasteiger partial charge in [-0.25, -0.2) is 0 Å². The van der Waals surface area contributed by atoms with Crippen LogP contribution < -0.4 is 5.32 Å². The van der Waals surface area contributed by atoms with Crippen LogP contribution in [0, 0.1) is 5.92 Å². The molecule has 0 unspecified atom stereocenters. The minimum Gasteiger partial charge on any atom is -0.361 e. The Labute approximate surface area is 89.6 Å². The van der Waals surface area contributed by atoms with E-state index in [-0.39, 0.29) is 11.2 Å². The van der Waals surface area contributed by atoms with E-state index in [9.17, 15) is 0 Å². The van der Waals surface area contributed by atoms with Gasteiger partial charge in [0.05, 0.1) is 0 Å². The van der Waals surface area contributed by atoms with Crippen molar-refractivity contribution in [2.45, 2.75) is 37.1 Å². The molecule has 2 heterocycles. The third-order valence-electron chi connectivity index (χ3n) is 4.83. The first kappa shape index (κ1) is 8.31. The van der Waals surface area contributed by atoms with Crippen molar-refractivity contribution >= 4 is 0 Å². The molecule has 2 aliphatic heterocycles. The van der Waals surface area contributed by atoms with Crippen molar-refractivity contribution in [3.05, 3.63) is 35.9 Å². The highest BCUT2D eigenvalue weighted by atomic mass is 16.6. The fraction of sp³-hybridized carbons (Fsp3) is 0.538. The zero-order valence-electron chi connectivity index (χ0n) is 9.03. The number of ether oxygens (including phenoxy) is 1. The van der Waals surface area contributed by atoms with E-state index in [2.05, 4.69) is 49.5 Å². The van der Waals surface area contributed by atoms with Gasteiger partial charge in [-0.15, -0.1) is 0 Å². The molecule has 2 saturated heterocycles. The highest BCUT2D eigenvalue weighted by Gasteiger charge is 2.87. The second-order valence-electron chi connectivity index (χ2n) is 5.37. The van der Waals surface area contributed by atoms with Gasteiger partial charge in [0.15, 0.2) is 0 Å². The lowest BCUT2D eigenvalue weighted by molar-refractivity contribution is 0.00174. The highest BCUT2D eigenvalue weighted by Crippen LogP contribution is 2.73. The fourth-order valence-electron chi connectivity index (χ4n) is 3.67. The molecule has 4 rings (SSSR count). The van der Waals surface area contributed by atoms with Crippen LogP contribution in [0.4, 0.5) is 0 Å². The molecule has 3 fully saturated rings. The Morgan fingerprint density at radius 2 is 1.87 bits per heavy atom. The summed E-state index contributed by atoms with van der Waals surface area (Å²) in [6, 6.07) is 11.8. The van der Waals surface area contributed by atoms with Crippen molar-refractivity contribution in [2.75, 3.05) is 0 Å². The molecule has 1 saturated carbocycles. The zero-order chi connectivity index (χ0) is 10.3. The van der Waals surface area contributed by atoms with Crippen LogP contribution in [0.25, 0.3) is 0 Å². The van der Waals surface area contributed by atoms with Gasteiger partial charge in [-0.1, -0.05) is 30.3 Å². The molecule has 0 aromatic heterocycles. The average Bonchev–Trinajstić information content (AvgIpc) is 2.63. The SMILES string of the molecule is C[C@@]12O[C@]1(C)[C@H]1N[C@@H](c3ccccc3)[C@H]12. The van der Waals surface area contributed by atoms with Crippen molar-refractivity contribution in [2.24, 2.45) is 5.92 Å². The first-order valence-electron chi connectivity index (χ1n) is 5.68. The summed E-state index contributed by atoms with van der Waals surface area (Å²) in [4.78, 5) is 0. The van der Waals surface area contributed by atoms with E-state index < -0.39 is 0 Å². The van der Waals surface area contributed by atoms with Gasteiger partial charge in [0.1, 0.15) is 11.2 Å². The molecule has 1 aromatic carbocycles. The Bertz CT molecular complexity index is 431. The molecular weight excluding hydrogens is 186 g/mol. The van der Waals surface area contributed by atoms with E-state index in [0.717, 1.165) is 0 Å². The lowest BCUT2D eigenvalue weighted by atomic mass is 9.53. The van der Waals surface area contributed by atoms with Gasteiger partial charge in [-0.2, -0.15) is 0 Å². The maximum atomic E-state index is 5.88. The summed E-state index contributed by atoms with van der Waals surface area (Å²) in [7, 11) is 0. The summed E-state index contributed by atoms with van der Waals surface area (Å²) in [5.41, 5.74) is 1.70. The number of nitrogens with one attached hydrogen (secondary N) is 1. The second-order valence-corrected chi connectivity index (χ2v) is 5.37. The molecule has 78 valence electrons. The Morgan fingerprint density at radius 3 is 2.53 bits per heavy atom. The third kappa shape index (κ3) is 0.704. The number of rotatable bonds is 1. The van der Waals surface area contributed by atoms with Crippen molar-refractivity contribution in [3.63, 3.8) is 0 Å². The topological polar surface area (TPSA) is 24.6 Å². The Balaban J connectivity index is 1.65. The van der Waals surface area contributed by atoms with Crippen molar-refractivity contribution in [1.82, 2.24) is 5.32 Å². The first-order chi connectivity index (χ1) is 7.17. The molecule has 0 amide bonds. The number of fused-ring (bicyclic) bond motifs is 4. The smallest absolute Gasteiger partial charge is 0.111 e. The molecule has 15 heavy (non-hydrogen) atoms. The third-order valence-corrected chi connectivity index (χ3v) is 4.83. The molecule has 2 heteroatoms. The minimum atomic E-state index is 0.142. The Hall–Kier alpha value is -0.860. The number of epoxide rings is 1. The standard InChI is InChI=1S/C13H15NO/c1-12-9-10(8-6-4-3-5-7-8)14-11(9)13(12,2)15-12/h3-7,9-11,14H,1-2H3/t9-,10+,11+,12+,13-/m1/s1. The lowest BCUT2D eigenvalue weighted by Crippen LogP contribution is -2.75. The summed E-state index contributed by atoms with van der Waals surface area (Å²) in [5, 5.41) is 3.63. The first-order valence-corrected chi connectivity index (χ1v) is 5.68. The quantitative estimate of drug-likeness (QED) is 0.702. The predicted molar refractivity (Wildman–Crippen MR) is 57.5 cm³/mol. The van der Waals surface area contributed by atoms with Gasteiger partial charge in [-0.05, 0) is 19.4 Å². The fourth-order valence-corrected chi connectivity index (χ4v) is 3.67. The van der Waals surface area contributed by atoms with E-state index in [1.807, 2.05) is 0 Å². The van der Waals surface area contributed by atoms with Crippen molar-refractivity contribution in [1.29, 1.82) is 0 Å². The molecule has 1 aromatic rings. The van der Waals surface area contributed by atoms with E-state index in [1.54, 1.807) is 0 Å². The molecule has 0 radical (unpaired) electrons. The molecule has 3 aliphatic rings. The van der Waals surface area contributed by atoms with E-state index in [1.165, 1.54) is 5.56 Å². The second kappa shape index (κ2) is 2.13. The van der Waals surface area contributed by atoms with Crippen LogP contribution in [0.1, 0.15) is 25.5 Å². The molecule has 2 nitrogen and oxygen atoms in total. The lowest BCUT2D eigenvalue weighted by Gasteiger charge is -2.58. The van der Waals surface area contributed by atoms with Gasteiger partial charge in [0, 0.05) is 18.0 Å². The van der Waals surface area contributed by atoms with Crippen LogP contribution in [0.2, 0.25) is 0 Å². The van der Waals surface area contributed by atoms with Crippen molar-refractivity contribution in [3.8, 4) is 0 Å². The summed E-state index contributed by atoms with van der Waals surface area (Å²) >= 11 is 0. The van der Waals surface area contributed by atoms with E-state index in [0.29, 0.717) is 18.0 Å². The van der Waals surface area contributed by atoms with Gasteiger partial charge in [-0.3, -0.25) is 0 Å². The molecule has 1 aliphatic carbocycles. The molecule has 1 N–H and O–H groups in total. The number of hydrogen-bond donors (Lipinski definition) is 1. The van der Waals surface area contributed by atoms with Gasteiger partial charge in [0.25, 0.3) is 0 Å². The summed E-state index contributed by atoms with van der Waals surface area (Å²) in [6.07, 6.45) is 0.